The van der Waals surface area contributed by atoms with E-state index in [4.69, 9.17) is 9.73 Å². The number of nitrogens with zero attached hydrogens (tertiary/aromatic N) is 4. The Morgan fingerprint density at radius 2 is 1.94 bits per heavy atom. The SMILES string of the molecule is CCCOc1ccc(CN=C(NCC)NC2CCN(c3ccc(C)cn3)CC2)cn1.I. The molecule has 7 nitrogen and oxygen atoms in total. The predicted molar refractivity (Wildman–Crippen MR) is 138 cm³/mol. The minimum atomic E-state index is 0. The van der Waals surface area contributed by atoms with E-state index in [1.54, 1.807) is 0 Å². The maximum absolute atomic E-state index is 5.54. The average Bonchev–Trinajstić information content (AvgIpc) is 2.78. The lowest BCUT2D eigenvalue weighted by atomic mass is 10.1. The van der Waals surface area contributed by atoms with Gasteiger partial charge in [-0.1, -0.05) is 19.1 Å². The summed E-state index contributed by atoms with van der Waals surface area (Å²) >= 11 is 0. The van der Waals surface area contributed by atoms with Crippen molar-refractivity contribution in [3.63, 3.8) is 0 Å². The number of aromatic nitrogens is 2. The number of halogens is 1. The van der Waals surface area contributed by atoms with Gasteiger partial charge in [-0.15, -0.1) is 24.0 Å². The Labute approximate surface area is 203 Å². The highest BCUT2D eigenvalue weighted by molar-refractivity contribution is 14.0. The Bertz CT molecular complexity index is 789. The summed E-state index contributed by atoms with van der Waals surface area (Å²) in [4.78, 5) is 16.0. The molecule has 1 aliphatic heterocycles. The number of aliphatic imine (C=N–C) groups is 1. The number of nitrogens with one attached hydrogen (secondary N) is 2. The molecule has 0 atom stereocenters. The summed E-state index contributed by atoms with van der Waals surface area (Å²) in [6, 6.07) is 8.59. The van der Waals surface area contributed by atoms with Crippen molar-refractivity contribution in [2.24, 2.45) is 4.99 Å². The van der Waals surface area contributed by atoms with E-state index < -0.39 is 0 Å². The lowest BCUT2D eigenvalue weighted by Gasteiger charge is -2.33. The molecule has 8 heteroatoms. The van der Waals surface area contributed by atoms with Crippen molar-refractivity contribution in [2.45, 2.75) is 52.6 Å². The highest BCUT2D eigenvalue weighted by Gasteiger charge is 2.20. The maximum atomic E-state index is 5.54. The van der Waals surface area contributed by atoms with Crippen molar-refractivity contribution in [3.05, 3.63) is 47.8 Å². The molecule has 0 aromatic carbocycles. The molecule has 0 aliphatic carbocycles. The van der Waals surface area contributed by atoms with Gasteiger partial charge in [-0.3, -0.25) is 0 Å². The van der Waals surface area contributed by atoms with Crippen LogP contribution in [0, 0.1) is 6.92 Å². The van der Waals surface area contributed by atoms with Crippen molar-refractivity contribution in [2.75, 3.05) is 31.1 Å². The van der Waals surface area contributed by atoms with Gasteiger partial charge < -0.3 is 20.3 Å². The van der Waals surface area contributed by atoms with Gasteiger partial charge in [0, 0.05) is 44.1 Å². The van der Waals surface area contributed by atoms with Crippen LogP contribution in [0.25, 0.3) is 0 Å². The van der Waals surface area contributed by atoms with Gasteiger partial charge in [-0.05, 0) is 50.3 Å². The molecule has 2 aromatic rings. The van der Waals surface area contributed by atoms with Crippen LogP contribution in [0.3, 0.4) is 0 Å². The number of pyridine rings is 2. The molecule has 3 rings (SSSR count). The molecule has 0 unspecified atom stereocenters. The lowest BCUT2D eigenvalue weighted by Crippen LogP contribution is -2.48. The van der Waals surface area contributed by atoms with Crippen molar-refractivity contribution in [3.8, 4) is 5.88 Å². The third-order valence-corrected chi connectivity index (χ3v) is 5.07. The van der Waals surface area contributed by atoms with Crippen LogP contribution in [0.2, 0.25) is 0 Å². The van der Waals surface area contributed by atoms with Gasteiger partial charge in [0.05, 0.1) is 13.2 Å². The zero-order valence-electron chi connectivity index (χ0n) is 18.8. The normalized spacial score (nSPS) is 14.7. The second-order valence-electron chi connectivity index (χ2n) is 7.65. The number of rotatable bonds is 8. The number of ether oxygens (including phenoxy) is 1. The minimum absolute atomic E-state index is 0. The third-order valence-electron chi connectivity index (χ3n) is 5.07. The monoisotopic (exact) mass is 538 g/mol. The number of hydrogen-bond acceptors (Lipinski definition) is 5. The second kappa shape index (κ2) is 13.3. The smallest absolute Gasteiger partial charge is 0.213 e. The molecule has 1 saturated heterocycles. The van der Waals surface area contributed by atoms with Gasteiger partial charge in [0.2, 0.25) is 5.88 Å². The Morgan fingerprint density at radius 1 is 1.13 bits per heavy atom. The first-order valence-corrected chi connectivity index (χ1v) is 11.0. The lowest BCUT2D eigenvalue weighted by molar-refractivity contribution is 0.305. The zero-order valence-corrected chi connectivity index (χ0v) is 21.1. The fourth-order valence-electron chi connectivity index (χ4n) is 3.38. The Morgan fingerprint density at radius 3 is 2.55 bits per heavy atom. The van der Waals surface area contributed by atoms with Crippen LogP contribution in [0.15, 0.2) is 41.7 Å². The van der Waals surface area contributed by atoms with Gasteiger partial charge in [0.25, 0.3) is 0 Å². The first-order chi connectivity index (χ1) is 14.7. The first kappa shape index (κ1) is 25.2. The van der Waals surface area contributed by atoms with Crippen molar-refractivity contribution in [1.29, 1.82) is 0 Å². The highest BCUT2D eigenvalue weighted by atomic mass is 127. The second-order valence-corrected chi connectivity index (χ2v) is 7.65. The first-order valence-electron chi connectivity index (χ1n) is 11.0. The molecule has 31 heavy (non-hydrogen) atoms. The van der Waals surface area contributed by atoms with Gasteiger partial charge in [0.15, 0.2) is 5.96 Å². The van der Waals surface area contributed by atoms with Crippen LogP contribution in [0.5, 0.6) is 5.88 Å². The molecule has 0 radical (unpaired) electrons. The quantitative estimate of drug-likeness (QED) is 0.302. The molecule has 1 aliphatic rings. The molecular weight excluding hydrogens is 503 g/mol. The van der Waals surface area contributed by atoms with E-state index in [1.165, 1.54) is 5.56 Å². The van der Waals surface area contributed by atoms with E-state index in [0.29, 0.717) is 25.1 Å². The average molecular weight is 538 g/mol. The van der Waals surface area contributed by atoms with Crippen LogP contribution in [-0.4, -0.2) is 48.2 Å². The summed E-state index contributed by atoms with van der Waals surface area (Å²) in [7, 11) is 0. The molecule has 2 N–H and O–H groups in total. The third kappa shape index (κ3) is 8.16. The molecule has 0 spiro atoms. The van der Waals surface area contributed by atoms with E-state index in [2.05, 4.69) is 58.4 Å². The van der Waals surface area contributed by atoms with Crippen molar-refractivity contribution >= 4 is 35.8 Å². The predicted octanol–water partition coefficient (Wildman–Crippen LogP) is 3.92. The van der Waals surface area contributed by atoms with Crippen molar-refractivity contribution < 1.29 is 4.74 Å². The van der Waals surface area contributed by atoms with Gasteiger partial charge in [-0.25, -0.2) is 15.0 Å². The van der Waals surface area contributed by atoms with E-state index in [1.807, 2.05) is 24.5 Å². The highest BCUT2D eigenvalue weighted by Crippen LogP contribution is 2.18. The maximum Gasteiger partial charge on any atom is 0.213 e. The molecule has 0 saturated carbocycles. The number of anilines is 1. The summed E-state index contributed by atoms with van der Waals surface area (Å²) in [6.07, 6.45) is 6.87. The summed E-state index contributed by atoms with van der Waals surface area (Å²) in [6.45, 7) is 10.3. The molecule has 0 amide bonds. The molecule has 170 valence electrons. The number of aryl methyl sites for hydroxylation is 1. The van der Waals surface area contributed by atoms with E-state index in [9.17, 15) is 0 Å². The van der Waals surface area contributed by atoms with Crippen LogP contribution in [-0.2, 0) is 6.54 Å². The Balaban J connectivity index is 0.00000341. The van der Waals surface area contributed by atoms with Crippen molar-refractivity contribution in [1.82, 2.24) is 20.6 Å². The Hall–Kier alpha value is -2.10. The largest absolute Gasteiger partial charge is 0.478 e. The summed E-state index contributed by atoms with van der Waals surface area (Å²) in [5.74, 6) is 2.60. The number of piperidine rings is 1. The standard InChI is InChI=1S/C23H34N6O.HI/c1-4-14-30-22-9-7-19(16-26-22)17-27-23(24-5-2)28-20-10-12-29(13-11-20)21-8-6-18(3)15-25-21;/h6-9,15-16,20H,4-5,10-14,17H2,1-3H3,(H2,24,27,28);1H. The van der Waals surface area contributed by atoms with Crippen LogP contribution in [0.4, 0.5) is 5.82 Å². The van der Waals surface area contributed by atoms with Crippen LogP contribution in [0.1, 0.15) is 44.2 Å². The van der Waals surface area contributed by atoms with Gasteiger partial charge in [0.1, 0.15) is 5.82 Å². The van der Waals surface area contributed by atoms with E-state index >= 15 is 0 Å². The topological polar surface area (TPSA) is 74.7 Å². The molecular formula is C23H35IN6O. The van der Waals surface area contributed by atoms with Gasteiger partial charge >= 0.3 is 0 Å². The number of guanidine groups is 1. The fraction of sp³-hybridized carbons (Fsp3) is 0.522. The summed E-state index contributed by atoms with van der Waals surface area (Å²) in [5, 5.41) is 6.95. The molecule has 3 heterocycles. The van der Waals surface area contributed by atoms with Gasteiger partial charge in [-0.2, -0.15) is 0 Å². The van der Waals surface area contributed by atoms with Crippen LogP contribution < -0.4 is 20.3 Å². The zero-order chi connectivity index (χ0) is 21.2. The minimum Gasteiger partial charge on any atom is -0.478 e. The molecule has 1 fully saturated rings. The molecule has 2 aromatic heterocycles. The molecule has 0 bridgehead atoms. The van der Waals surface area contributed by atoms with E-state index in [0.717, 1.165) is 56.2 Å². The summed E-state index contributed by atoms with van der Waals surface area (Å²) < 4.78 is 5.54. The van der Waals surface area contributed by atoms with E-state index in [-0.39, 0.29) is 24.0 Å². The summed E-state index contributed by atoms with van der Waals surface area (Å²) in [5.41, 5.74) is 2.26. The Kier molecular flexibility index (Phi) is 10.8. The number of hydrogen-bond donors (Lipinski definition) is 2. The van der Waals surface area contributed by atoms with Crippen LogP contribution >= 0.6 is 24.0 Å². The fourth-order valence-corrected chi connectivity index (χ4v) is 3.38.